The second-order valence-electron chi connectivity index (χ2n) is 5.96. The average Bonchev–Trinajstić information content (AvgIpc) is 2.74. The fraction of sp³-hybridized carbons (Fsp3) is 0.238. The van der Waals surface area contributed by atoms with Gasteiger partial charge in [0.1, 0.15) is 0 Å². The van der Waals surface area contributed by atoms with Crippen molar-refractivity contribution < 1.29 is 28.7 Å². The lowest BCUT2D eigenvalue weighted by Gasteiger charge is -2.24. The van der Waals surface area contributed by atoms with Crippen LogP contribution in [0.1, 0.15) is 27.1 Å². The zero-order chi connectivity index (χ0) is 20.5. The number of ketones is 1. The third-order valence-corrected chi connectivity index (χ3v) is 4.17. The van der Waals surface area contributed by atoms with Crippen molar-refractivity contribution >= 4 is 23.6 Å². The van der Waals surface area contributed by atoms with E-state index in [-0.39, 0.29) is 12.2 Å². The fourth-order valence-corrected chi connectivity index (χ4v) is 2.71. The molecule has 7 heteroatoms. The molecule has 0 spiro atoms. The monoisotopic (exact) mass is 383 g/mol. The smallest absolute Gasteiger partial charge is 0.322 e. The third-order valence-electron chi connectivity index (χ3n) is 4.17. The van der Waals surface area contributed by atoms with Gasteiger partial charge in [-0.25, -0.2) is 0 Å². The minimum absolute atomic E-state index is 0.280. The molecular formula is C21H21NO6. The van der Waals surface area contributed by atoms with Crippen molar-refractivity contribution in [2.75, 3.05) is 14.2 Å². The summed E-state index contributed by atoms with van der Waals surface area (Å²) in [6.07, 6.45) is -0.280. The van der Waals surface area contributed by atoms with Crippen LogP contribution >= 0.6 is 0 Å². The molecule has 7 nitrogen and oxygen atoms in total. The predicted molar refractivity (Wildman–Crippen MR) is 101 cm³/mol. The van der Waals surface area contributed by atoms with Crippen LogP contribution in [0, 0.1) is 5.92 Å². The molecule has 0 radical (unpaired) electrons. The van der Waals surface area contributed by atoms with Crippen molar-refractivity contribution in [3.63, 3.8) is 0 Å². The number of rotatable bonds is 8. The molecule has 2 rings (SSSR count). The van der Waals surface area contributed by atoms with Gasteiger partial charge in [-0.15, -0.1) is 0 Å². The van der Waals surface area contributed by atoms with Crippen LogP contribution in [0.3, 0.4) is 0 Å². The topological polar surface area (TPSA) is 98.8 Å². The number of esters is 2. The Morgan fingerprint density at radius 3 is 1.71 bits per heavy atom. The van der Waals surface area contributed by atoms with E-state index >= 15 is 0 Å². The van der Waals surface area contributed by atoms with Gasteiger partial charge in [-0.05, 0) is 12.1 Å². The number of amides is 1. The van der Waals surface area contributed by atoms with Crippen molar-refractivity contribution in [1.29, 1.82) is 0 Å². The Bertz CT molecular complexity index is 765. The molecule has 0 aliphatic rings. The Morgan fingerprint density at radius 1 is 0.786 bits per heavy atom. The van der Waals surface area contributed by atoms with Crippen molar-refractivity contribution in [1.82, 2.24) is 5.32 Å². The molecule has 1 amide bonds. The lowest BCUT2D eigenvalue weighted by Crippen LogP contribution is -2.48. The molecule has 1 atom stereocenters. The lowest BCUT2D eigenvalue weighted by molar-refractivity contribution is -0.160. The van der Waals surface area contributed by atoms with Gasteiger partial charge < -0.3 is 14.8 Å². The largest absolute Gasteiger partial charge is 0.468 e. The minimum atomic E-state index is -1.48. The first-order valence-corrected chi connectivity index (χ1v) is 8.57. The summed E-state index contributed by atoms with van der Waals surface area (Å²) >= 11 is 0. The Morgan fingerprint density at radius 2 is 1.25 bits per heavy atom. The molecule has 2 aromatic carbocycles. The Balaban J connectivity index is 2.32. The van der Waals surface area contributed by atoms with Crippen LogP contribution < -0.4 is 5.32 Å². The molecule has 0 heterocycles. The van der Waals surface area contributed by atoms with Gasteiger partial charge in [0, 0.05) is 17.5 Å². The van der Waals surface area contributed by atoms with Gasteiger partial charge in [-0.2, -0.15) is 0 Å². The van der Waals surface area contributed by atoms with Gasteiger partial charge in [0.25, 0.3) is 5.91 Å². The Labute approximate surface area is 162 Å². The number of ether oxygens (including phenoxy) is 2. The fourth-order valence-electron chi connectivity index (χ4n) is 2.71. The van der Waals surface area contributed by atoms with Crippen molar-refractivity contribution in [2.45, 2.75) is 12.5 Å². The van der Waals surface area contributed by atoms with E-state index in [1.807, 2.05) is 0 Å². The zero-order valence-electron chi connectivity index (χ0n) is 15.6. The van der Waals surface area contributed by atoms with E-state index < -0.39 is 29.8 Å². The number of carbonyl (C=O) groups excluding carboxylic acids is 4. The van der Waals surface area contributed by atoms with Crippen LogP contribution in [0.25, 0.3) is 0 Å². The highest BCUT2D eigenvalue weighted by Crippen LogP contribution is 2.17. The van der Waals surface area contributed by atoms with Crippen LogP contribution in [0.4, 0.5) is 0 Å². The molecule has 0 saturated heterocycles. The van der Waals surface area contributed by atoms with Gasteiger partial charge >= 0.3 is 11.9 Å². The molecule has 0 bridgehead atoms. The molecule has 0 aliphatic carbocycles. The minimum Gasteiger partial charge on any atom is -0.468 e. The van der Waals surface area contributed by atoms with Crippen molar-refractivity contribution in [3.8, 4) is 0 Å². The maximum absolute atomic E-state index is 12.6. The number of Topliss-reactive ketones (excluding diaryl/α,β-unsaturated/α-hetero) is 1. The summed E-state index contributed by atoms with van der Waals surface area (Å²) in [4.78, 5) is 49.6. The van der Waals surface area contributed by atoms with Crippen LogP contribution in [-0.2, 0) is 19.1 Å². The van der Waals surface area contributed by atoms with Gasteiger partial charge in [0.05, 0.1) is 20.3 Å². The molecule has 28 heavy (non-hydrogen) atoms. The molecule has 0 saturated carbocycles. The van der Waals surface area contributed by atoms with E-state index in [2.05, 4.69) is 14.8 Å². The number of hydrogen-bond acceptors (Lipinski definition) is 6. The summed E-state index contributed by atoms with van der Waals surface area (Å²) in [6, 6.07) is 15.5. The first-order valence-electron chi connectivity index (χ1n) is 8.57. The van der Waals surface area contributed by atoms with Gasteiger partial charge in [-0.1, -0.05) is 48.5 Å². The van der Waals surface area contributed by atoms with Gasteiger partial charge in [0.2, 0.25) is 0 Å². The van der Waals surface area contributed by atoms with Crippen molar-refractivity contribution in [3.05, 3.63) is 71.8 Å². The van der Waals surface area contributed by atoms with Crippen LogP contribution in [0.15, 0.2) is 60.7 Å². The second kappa shape index (κ2) is 10.0. The number of nitrogens with one attached hydrogen (secondary N) is 1. The average molecular weight is 383 g/mol. The Kier molecular flexibility index (Phi) is 7.45. The molecule has 0 aliphatic heterocycles. The molecule has 1 N–H and O–H groups in total. The summed E-state index contributed by atoms with van der Waals surface area (Å²) in [5, 5.41) is 2.60. The molecule has 0 aromatic heterocycles. The predicted octanol–water partition coefficient (Wildman–Crippen LogP) is 2.02. The molecular weight excluding hydrogens is 362 g/mol. The summed E-state index contributed by atoms with van der Waals surface area (Å²) in [5.74, 6) is -4.13. The van der Waals surface area contributed by atoms with Gasteiger partial charge in [-0.3, -0.25) is 19.2 Å². The van der Waals surface area contributed by atoms with Crippen molar-refractivity contribution in [2.24, 2.45) is 5.92 Å². The van der Waals surface area contributed by atoms with Crippen LogP contribution in [0.5, 0.6) is 0 Å². The molecule has 0 unspecified atom stereocenters. The van der Waals surface area contributed by atoms with E-state index in [1.165, 1.54) is 0 Å². The number of methoxy groups -OCH3 is 2. The van der Waals surface area contributed by atoms with E-state index in [1.54, 1.807) is 60.7 Å². The summed E-state index contributed by atoms with van der Waals surface area (Å²) in [7, 11) is 2.24. The highest BCUT2D eigenvalue weighted by molar-refractivity contribution is 6.02. The van der Waals surface area contributed by atoms with E-state index in [0.29, 0.717) is 11.1 Å². The highest BCUT2D eigenvalue weighted by atomic mass is 16.5. The first kappa shape index (κ1) is 20.8. The molecule has 146 valence electrons. The molecule has 2 aromatic rings. The normalized spacial score (nSPS) is 11.4. The third kappa shape index (κ3) is 5.26. The SMILES string of the molecule is COC(=O)C(C(=O)OC)[C@@H](CC(=O)c1ccccc1)NC(=O)c1ccccc1. The van der Waals surface area contributed by atoms with E-state index in [4.69, 9.17) is 0 Å². The summed E-state index contributed by atoms with van der Waals surface area (Å²) in [5.41, 5.74) is 0.725. The van der Waals surface area contributed by atoms with Gasteiger partial charge in [0.15, 0.2) is 11.7 Å². The summed E-state index contributed by atoms with van der Waals surface area (Å²) < 4.78 is 9.38. The Hall–Kier alpha value is -3.48. The summed E-state index contributed by atoms with van der Waals surface area (Å²) in [6.45, 7) is 0. The number of carbonyl (C=O) groups is 4. The number of benzene rings is 2. The first-order chi connectivity index (χ1) is 13.5. The van der Waals surface area contributed by atoms with Crippen LogP contribution in [-0.4, -0.2) is 43.9 Å². The van der Waals surface area contributed by atoms with E-state index in [0.717, 1.165) is 14.2 Å². The maximum atomic E-state index is 12.6. The zero-order valence-corrected chi connectivity index (χ0v) is 15.6. The highest BCUT2D eigenvalue weighted by Gasteiger charge is 2.39. The number of hydrogen-bond donors (Lipinski definition) is 1. The molecule has 0 fully saturated rings. The maximum Gasteiger partial charge on any atom is 0.322 e. The standard InChI is InChI=1S/C21H21NO6/c1-27-20(25)18(21(26)28-2)16(13-17(23)14-9-5-3-6-10-14)22-19(24)15-11-7-4-8-12-15/h3-12,16,18H,13H2,1-2H3,(H,22,24)/t16-/m1/s1. The lowest BCUT2D eigenvalue weighted by atomic mass is 9.92. The quantitative estimate of drug-likeness (QED) is 0.425. The van der Waals surface area contributed by atoms with Crippen LogP contribution in [0.2, 0.25) is 0 Å². The van der Waals surface area contributed by atoms with E-state index in [9.17, 15) is 19.2 Å². The second-order valence-corrected chi connectivity index (χ2v) is 5.96.